The van der Waals surface area contributed by atoms with Crippen LogP contribution in [-0.2, 0) is 0 Å². The number of nitrogens with zero attached hydrogens (tertiary/aromatic N) is 2. The van der Waals surface area contributed by atoms with E-state index in [-0.39, 0.29) is 17.0 Å². The van der Waals surface area contributed by atoms with Crippen molar-refractivity contribution in [3.63, 3.8) is 0 Å². The van der Waals surface area contributed by atoms with Gasteiger partial charge in [0.2, 0.25) is 5.88 Å². The van der Waals surface area contributed by atoms with Gasteiger partial charge in [0.25, 0.3) is 5.56 Å². The van der Waals surface area contributed by atoms with Crippen LogP contribution in [0.1, 0.15) is 5.56 Å². The van der Waals surface area contributed by atoms with Crippen LogP contribution in [0.25, 0.3) is 11.4 Å². The lowest BCUT2D eigenvalue weighted by atomic mass is 10.2. The standard InChI is InChI=1S/C10H9N3O2/c1-6-9(14)12-8(13-10(6)15)7-3-2-4-11-5-7/h2-5H,1H3,(H2,12,13,14,15). The molecule has 0 saturated heterocycles. The first-order valence-electron chi connectivity index (χ1n) is 4.39. The van der Waals surface area contributed by atoms with E-state index in [0.29, 0.717) is 11.4 Å². The molecule has 2 heterocycles. The predicted molar refractivity (Wildman–Crippen MR) is 54.5 cm³/mol. The van der Waals surface area contributed by atoms with Gasteiger partial charge in [0.1, 0.15) is 5.82 Å². The van der Waals surface area contributed by atoms with Gasteiger partial charge in [0.05, 0.1) is 5.56 Å². The third-order valence-electron chi connectivity index (χ3n) is 2.06. The zero-order chi connectivity index (χ0) is 10.8. The maximum absolute atomic E-state index is 11.4. The van der Waals surface area contributed by atoms with Crippen molar-refractivity contribution in [3.05, 3.63) is 40.4 Å². The molecule has 0 aliphatic rings. The molecule has 0 unspecified atom stereocenters. The van der Waals surface area contributed by atoms with Gasteiger partial charge in [-0.3, -0.25) is 9.78 Å². The molecule has 0 aliphatic carbocycles. The number of hydrogen-bond donors (Lipinski definition) is 2. The summed E-state index contributed by atoms with van der Waals surface area (Å²) in [5.74, 6) is 0.0637. The highest BCUT2D eigenvalue weighted by Gasteiger charge is 2.07. The Bertz CT molecular complexity index is 534. The molecule has 15 heavy (non-hydrogen) atoms. The molecule has 0 radical (unpaired) electrons. The molecule has 5 nitrogen and oxygen atoms in total. The van der Waals surface area contributed by atoms with Crippen molar-refractivity contribution in [1.29, 1.82) is 0 Å². The topological polar surface area (TPSA) is 78.9 Å². The second-order valence-corrected chi connectivity index (χ2v) is 3.10. The number of nitrogens with one attached hydrogen (secondary N) is 1. The van der Waals surface area contributed by atoms with Crippen LogP contribution in [0.3, 0.4) is 0 Å². The maximum Gasteiger partial charge on any atom is 0.257 e. The Morgan fingerprint density at radius 2 is 2.27 bits per heavy atom. The summed E-state index contributed by atoms with van der Waals surface area (Å²) >= 11 is 0. The van der Waals surface area contributed by atoms with Crippen molar-refractivity contribution >= 4 is 0 Å². The summed E-state index contributed by atoms with van der Waals surface area (Å²) in [7, 11) is 0. The van der Waals surface area contributed by atoms with E-state index < -0.39 is 0 Å². The number of rotatable bonds is 1. The summed E-state index contributed by atoms with van der Waals surface area (Å²) in [6, 6.07) is 3.48. The highest BCUT2D eigenvalue weighted by molar-refractivity contribution is 5.53. The normalized spacial score (nSPS) is 10.2. The molecule has 2 rings (SSSR count). The zero-order valence-corrected chi connectivity index (χ0v) is 8.06. The summed E-state index contributed by atoms with van der Waals surface area (Å²) in [6.07, 6.45) is 3.18. The van der Waals surface area contributed by atoms with Gasteiger partial charge >= 0.3 is 0 Å². The Morgan fingerprint density at radius 1 is 1.47 bits per heavy atom. The Hall–Kier alpha value is -2.17. The monoisotopic (exact) mass is 203 g/mol. The highest BCUT2D eigenvalue weighted by atomic mass is 16.3. The number of aromatic hydroxyl groups is 1. The quantitative estimate of drug-likeness (QED) is 0.720. The average molecular weight is 203 g/mol. The molecule has 0 aliphatic heterocycles. The second kappa shape index (κ2) is 3.53. The zero-order valence-electron chi connectivity index (χ0n) is 8.06. The van der Waals surface area contributed by atoms with Gasteiger partial charge in [-0.05, 0) is 19.1 Å². The minimum atomic E-state index is -0.346. The molecular weight excluding hydrogens is 194 g/mol. The molecule has 5 heteroatoms. The summed E-state index contributed by atoms with van der Waals surface area (Å²) in [5, 5.41) is 9.39. The van der Waals surface area contributed by atoms with Crippen LogP contribution in [0.4, 0.5) is 0 Å². The molecule has 0 amide bonds. The first-order valence-corrected chi connectivity index (χ1v) is 4.39. The van der Waals surface area contributed by atoms with Crippen molar-refractivity contribution in [2.45, 2.75) is 6.92 Å². The van der Waals surface area contributed by atoms with Crippen LogP contribution in [0.5, 0.6) is 5.88 Å². The number of hydrogen-bond acceptors (Lipinski definition) is 4. The van der Waals surface area contributed by atoms with Gasteiger partial charge in [-0.1, -0.05) is 0 Å². The summed E-state index contributed by atoms with van der Waals surface area (Å²) in [5.41, 5.74) is 0.522. The summed E-state index contributed by atoms with van der Waals surface area (Å²) in [6.45, 7) is 1.51. The van der Waals surface area contributed by atoms with Gasteiger partial charge in [0.15, 0.2) is 0 Å². The van der Waals surface area contributed by atoms with Crippen molar-refractivity contribution in [2.75, 3.05) is 0 Å². The van der Waals surface area contributed by atoms with E-state index in [4.69, 9.17) is 0 Å². The minimum absolute atomic E-state index is 0.211. The highest BCUT2D eigenvalue weighted by Crippen LogP contribution is 2.15. The first-order chi connectivity index (χ1) is 7.18. The number of H-pyrrole nitrogens is 1. The average Bonchev–Trinajstić information content (AvgIpc) is 2.26. The predicted octanol–water partition coefficient (Wildman–Crippen LogP) is 0.846. The van der Waals surface area contributed by atoms with Crippen molar-refractivity contribution in [1.82, 2.24) is 15.0 Å². The lowest BCUT2D eigenvalue weighted by Gasteiger charge is -2.01. The van der Waals surface area contributed by atoms with E-state index in [9.17, 15) is 9.90 Å². The molecule has 2 aromatic rings. The van der Waals surface area contributed by atoms with Crippen LogP contribution >= 0.6 is 0 Å². The van der Waals surface area contributed by atoms with E-state index >= 15 is 0 Å². The lowest BCUT2D eigenvalue weighted by molar-refractivity contribution is 0.447. The van der Waals surface area contributed by atoms with E-state index in [1.807, 2.05) is 0 Å². The van der Waals surface area contributed by atoms with Crippen LogP contribution < -0.4 is 5.56 Å². The fourth-order valence-electron chi connectivity index (χ4n) is 1.16. The Labute approximate surface area is 85.5 Å². The van der Waals surface area contributed by atoms with Crippen molar-refractivity contribution in [3.8, 4) is 17.3 Å². The summed E-state index contributed by atoms with van der Waals surface area (Å²) in [4.78, 5) is 21.7. The third-order valence-corrected chi connectivity index (χ3v) is 2.06. The van der Waals surface area contributed by atoms with Crippen LogP contribution in [0, 0.1) is 6.92 Å². The van der Waals surface area contributed by atoms with Gasteiger partial charge in [0, 0.05) is 18.0 Å². The first kappa shape index (κ1) is 9.39. The maximum atomic E-state index is 11.4. The van der Waals surface area contributed by atoms with Gasteiger partial charge in [-0.25, -0.2) is 0 Å². The van der Waals surface area contributed by atoms with Gasteiger partial charge in [-0.15, -0.1) is 0 Å². The molecule has 0 saturated carbocycles. The smallest absolute Gasteiger partial charge is 0.257 e. The van der Waals surface area contributed by atoms with E-state index in [0.717, 1.165) is 0 Å². The fourth-order valence-corrected chi connectivity index (χ4v) is 1.16. The van der Waals surface area contributed by atoms with E-state index in [1.54, 1.807) is 24.5 Å². The van der Waals surface area contributed by atoms with Gasteiger partial charge in [-0.2, -0.15) is 4.98 Å². The lowest BCUT2D eigenvalue weighted by Crippen LogP contribution is -2.12. The minimum Gasteiger partial charge on any atom is -0.493 e. The molecule has 0 spiro atoms. The van der Waals surface area contributed by atoms with Crippen LogP contribution in [0.15, 0.2) is 29.3 Å². The fraction of sp³-hybridized carbons (Fsp3) is 0.100. The molecule has 2 aromatic heterocycles. The largest absolute Gasteiger partial charge is 0.493 e. The molecule has 0 fully saturated rings. The Balaban J connectivity index is 2.61. The van der Waals surface area contributed by atoms with Crippen molar-refractivity contribution < 1.29 is 5.11 Å². The number of aromatic nitrogens is 3. The molecule has 0 bridgehead atoms. The molecule has 0 aromatic carbocycles. The van der Waals surface area contributed by atoms with Crippen molar-refractivity contribution in [2.24, 2.45) is 0 Å². The van der Waals surface area contributed by atoms with E-state index in [2.05, 4.69) is 15.0 Å². The Morgan fingerprint density at radius 3 is 2.87 bits per heavy atom. The summed E-state index contributed by atoms with van der Waals surface area (Å²) < 4.78 is 0. The molecule has 0 atom stereocenters. The van der Waals surface area contributed by atoms with Crippen LogP contribution in [-0.4, -0.2) is 20.1 Å². The van der Waals surface area contributed by atoms with Gasteiger partial charge < -0.3 is 10.1 Å². The van der Waals surface area contributed by atoms with E-state index in [1.165, 1.54) is 6.92 Å². The molecule has 76 valence electrons. The molecule has 2 N–H and O–H groups in total. The number of pyridine rings is 1. The third kappa shape index (κ3) is 1.71. The Kier molecular flexibility index (Phi) is 2.21. The second-order valence-electron chi connectivity index (χ2n) is 3.10. The SMILES string of the molecule is Cc1c(O)nc(-c2cccnc2)[nH]c1=O. The molecular formula is C10H9N3O2. The van der Waals surface area contributed by atoms with Crippen LogP contribution in [0.2, 0.25) is 0 Å². The number of aromatic amines is 1.